The summed E-state index contributed by atoms with van der Waals surface area (Å²) in [6.45, 7) is 0.557. The van der Waals surface area contributed by atoms with Crippen LogP contribution in [0.4, 0.5) is 0 Å². The van der Waals surface area contributed by atoms with Crippen LogP contribution in [0.5, 0.6) is 0 Å². The third-order valence-electron chi connectivity index (χ3n) is 2.87. The minimum Gasteiger partial charge on any atom is -0.330 e. The van der Waals surface area contributed by atoms with Crippen LogP contribution in [0.15, 0.2) is 47.1 Å². The van der Waals surface area contributed by atoms with E-state index in [1.807, 2.05) is 36.4 Å². The van der Waals surface area contributed by atoms with Gasteiger partial charge in [-0.1, -0.05) is 29.8 Å². The van der Waals surface area contributed by atoms with Crippen molar-refractivity contribution in [3.63, 3.8) is 0 Å². The number of hydrogen-bond donors (Lipinski definition) is 1. The summed E-state index contributed by atoms with van der Waals surface area (Å²) in [6, 6.07) is 11.8. The molecule has 18 heavy (non-hydrogen) atoms. The molecular weight excluding hydrogens is 312 g/mol. The topological polar surface area (TPSA) is 38.9 Å². The van der Waals surface area contributed by atoms with Gasteiger partial charge in [-0.15, -0.1) is 0 Å². The molecule has 0 saturated heterocycles. The Morgan fingerprint density at radius 2 is 2.00 bits per heavy atom. The molecule has 0 fully saturated rings. The molecule has 0 aliphatic rings. The zero-order valence-electron chi connectivity index (χ0n) is 9.81. The second-order valence-electron chi connectivity index (χ2n) is 4.13. The van der Waals surface area contributed by atoms with Crippen LogP contribution in [0.25, 0.3) is 0 Å². The first-order chi connectivity index (χ1) is 8.70. The minimum atomic E-state index is 0.201. The highest BCUT2D eigenvalue weighted by atomic mass is 79.9. The van der Waals surface area contributed by atoms with Crippen molar-refractivity contribution in [3.8, 4) is 0 Å². The molecule has 2 nitrogen and oxygen atoms in total. The Morgan fingerprint density at radius 1 is 1.22 bits per heavy atom. The number of hydrogen-bond acceptors (Lipinski definition) is 2. The Bertz CT molecular complexity index is 513. The molecule has 0 bridgehead atoms. The number of aromatic nitrogens is 1. The van der Waals surface area contributed by atoms with Gasteiger partial charge in [0.05, 0.1) is 0 Å². The van der Waals surface area contributed by atoms with Crippen LogP contribution in [0.3, 0.4) is 0 Å². The predicted octanol–water partition coefficient (Wildman–Crippen LogP) is 3.78. The predicted molar refractivity (Wildman–Crippen MR) is 78.9 cm³/mol. The van der Waals surface area contributed by atoms with Crippen LogP contribution in [0.2, 0.25) is 5.02 Å². The summed E-state index contributed by atoms with van der Waals surface area (Å²) in [6.07, 6.45) is 2.60. The van der Waals surface area contributed by atoms with Gasteiger partial charge in [0, 0.05) is 27.3 Å². The Balaban J connectivity index is 2.20. The maximum Gasteiger partial charge on any atom is 0.0441 e. The molecule has 2 rings (SSSR count). The van der Waals surface area contributed by atoms with Crippen LogP contribution >= 0.6 is 27.5 Å². The molecule has 1 aromatic carbocycles. The van der Waals surface area contributed by atoms with E-state index < -0.39 is 0 Å². The fourth-order valence-corrected chi connectivity index (χ4v) is 2.43. The second kappa shape index (κ2) is 6.32. The van der Waals surface area contributed by atoms with Gasteiger partial charge in [0.1, 0.15) is 0 Å². The molecule has 1 aromatic heterocycles. The first-order valence-corrected chi connectivity index (χ1v) is 6.92. The number of nitrogens with two attached hydrogens (primary N) is 1. The van der Waals surface area contributed by atoms with Crippen LogP contribution < -0.4 is 5.73 Å². The quantitative estimate of drug-likeness (QED) is 0.929. The van der Waals surface area contributed by atoms with Gasteiger partial charge in [0.15, 0.2) is 0 Å². The van der Waals surface area contributed by atoms with Crippen molar-refractivity contribution >= 4 is 27.5 Å². The van der Waals surface area contributed by atoms with Gasteiger partial charge >= 0.3 is 0 Å². The Kier molecular flexibility index (Phi) is 4.75. The van der Waals surface area contributed by atoms with Crippen molar-refractivity contribution in [1.82, 2.24) is 4.98 Å². The smallest absolute Gasteiger partial charge is 0.0441 e. The lowest BCUT2D eigenvalue weighted by molar-refractivity contribution is 0.682. The molecule has 4 heteroatoms. The summed E-state index contributed by atoms with van der Waals surface area (Å²) < 4.78 is 0.980. The number of halogens is 2. The second-order valence-corrected chi connectivity index (χ2v) is 5.45. The zero-order chi connectivity index (χ0) is 13.0. The molecule has 0 aliphatic heterocycles. The largest absolute Gasteiger partial charge is 0.330 e. The molecular formula is C14H14BrClN2. The van der Waals surface area contributed by atoms with E-state index in [0.717, 1.165) is 27.2 Å². The third kappa shape index (κ3) is 3.31. The van der Waals surface area contributed by atoms with E-state index in [9.17, 15) is 0 Å². The van der Waals surface area contributed by atoms with Gasteiger partial charge < -0.3 is 5.73 Å². The normalized spacial score (nSPS) is 12.4. The highest BCUT2D eigenvalue weighted by molar-refractivity contribution is 9.10. The third-order valence-corrected chi connectivity index (χ3v) is 3.69. The minimum absolute atomic E-state index is 0.201. The van der Waals surface area contributed by atoms with Gasteiger partial charge in [0.2, 0.25) is 0 Å². The van der Waals surface area contributed by atoms with Crippen LogP contribution in [-0.4, -0.2) is 11.5 Å². The first kappa shape index (κ1) is 13.5. The molecule has 2 N–H and O–H groups in total. The molecule has 1 atom stereocenters. The number of nitrogens with zero attached hydrogens (tertiary/aromatic N) is 1. The van der Waals surface area contributed by atoms with Gasteiger partial charge in [-0.25, -0.2) is 0 Å². The monoisotopic (exact) mass is 324 g/mol. The lowest BCUT2D eigenvalue weighted by Gasteiger charge is -2.16. The van der Waals surface area contributed by atoms with Crippen LogP contribution in [-0.2, 0) is 6.42 Å². The summed E-state index contributed by atoms with van der Waals surface area (Å²) in [4.78, 5) is 4.38. The number of pyridine rings is 1. The van der Waals surface area contributed by atoms with Crippen molar-refractivity contribution < 1.29 is 0 Å². The van der Waals surface area contributed by atoms with E-state index in [1.54, 1.807) is 6.20 Å². The highest BCUT2D eigenvalue weighted by Gasteiger charge is 2.14. The van der Waals surface area contributed by atoms with Crippen molar-refractivity contribution in [2.45, 2.75) is 12.3 Å². The SMILES string of the molecule is NCC(Cc1ccc(Br)cn1)c1ccccc1Cl. The lowest BCUT2D eigenvalue weighted by Crippen LogP contribution is -2.16. The van der Waals surface area contributed by atoms with E-state index in [4.69, 9.17) is 17.3 Å². The molecule has 1 heterocycles. The van der Waals surface area contributed by atoms with Gasteiger partial charge in [-0.2, -0.15) is 0 Å². The summed E-state index contributed by atoms with van der Waals surface area (Å²) in [5.41, 5.74) is 7.97. The molecule has 0 saturated carbocycles. The fraction of sp³-hybridized carbons (Fsp3) is 0.214. The van der Waals surface area contributed by atoms with Gasteiger partial charge in [-0.05, 0) is 52.7 Å². The first-order valence-electron chi connectivity index (χ1n) is 5.75. The van der Waals surface area contributed by atoms with E-state index in [1.165, 1.54) is 0 Å². The average molecular weight is 326 g/mol. The van der Waals surface area contributed by atoms with E-state index in [2.05, 4.69) is 20.9 Å². The van der Waals surface area contributed by atoms with E-state index in [-0.39, 0.29) is 5.92 Å². The lowest BCUT2D eigenvalue weighted by atomic mass is 9.94. The number of rotatable bonds is 4. The van der Waals surface area contributed by atoms with E-state index in [0.29, 0.717) is 6.54 Å². The maximum absolute atomic E-state index is 6.21. The highest BCUT2D eigenvalue weighted by Crippen LogP contribution is 2.26. The van der Waals surface area contributed by atoms with Crippen molar-refractivity contribution in [2.24, 2.45) is 5.73 Å². The zero-order valence-corrected chi connectivity index (χ0v) is 12.2. The maximum atomic E-state index is 6.21. The van der Waals surface area contributed by atoms with Crippen LogP contribution in [0, 0.1) is 0 Å². The van der Waals surface area contributed by atoms with E-state index >= 15 is 0 Å². The molecule has 1 unspecified atom stereocenters. The summed E-state index contributed by atoms with van der Waals surface area (Å²) in [5.74, 6) is 0.201. The molecule has 94 valence electrons. The molecule has 0 spiro atoms. The molecule has 0 radical (unpaired) electrons. The fourth-order valence-electron chi connectivity index (χ4n) is 1.91. The van der Waals surface area contributed by atoms with Crippen LogP contribution in [0.1, 0.15) is 17.2 Å². The Hall–Kier alpha value is -0.900. The average Bonchev–Trinajstić information content (AvgIpc) is 2.39. The molecule has 2 aromatic rings. The summed E-state index contributed by atoms with van der Waals surface area (Å²) in [7, 11) is 0. The summed E-state index contributed by atoms with van der Waals surface area (Å²) >= 11 is 9.58. The Morgan fingerprint density at radius 3 is 2.61 bits per heavy atom. The summed E-state index contributed by atoms with van der Waals surface area (Å²) in [5, 5.41) is 0.769. The molecule has 0 amide bonds. The number of benzene rings is 1. The van der Waals surface area contributed by atoms with Crippen molar-refractivity contribution in [3.05, 3.63) is 63.3 Å². The Labute approximate surface area is 120 Å². The van der Waals surface area contributed by atoms with Crippen molar-refractivity contribution in [1.29, 1.82) is 0 Å². The van der Waals surface area contributed by atoms with Gasteiger partial charge in [0.25, 0.3) is 0 Å². The van der Waals surface area contributed by atoms with Crippen molar-refractivity contribution in [2.75, 3.05) is 6.54 Å². The standard InChI is InChI=1S/C14H14BrClN2/c15-11-5-6-12(18-9-11)7-10(8-17)13-3-1-2-4-14(13)16/h1-6,9-10H,7-8,17H2. The molecule has 0 aliphatic carbocycles. The van der Waals surface area contributed by atoms with Gasteiger partial charge in [-0.3, -0.25) is 4.98 Å².